The van der Waals surface area contributed by atoms with Gasteiger partial charge in [-0.1, -0.05) is 18.0 Å². The van der Waals surface area contributed by atoms with E-state index in [0.717, 1.165) is 29.3 Å². The first-order valence-corrected chi connectivity index (χ1v) is 9.09. The zero-order chi connectivity index (χ0) is 17.1. The number of hydrogen-bond acceptors (Lipinski definition) is 5. The standard InChI is InChI=1S/C16H20ClN5OS/c1-22-9-19-21-16(22)24-14-6-5-11(8-12(14)17)20-15(23)7-10-3-2-4-13(10)18/h5-6,8-10,13H,2-4,7,18H2,1H3,(H,20,23)/t10-,13+/m0/s1. The lowest BCUT2D eigenvalue weighted by atomic mass is 10.00. The van der Waals surface area contributed by atoms with Crippen molar-refractivity contribution in [1.82, 2.24) is 14.8 Å². The summed E-state index contributed by atoms with van der Waals surface area (Å²) in [5.41, 5.74) is 6.72. The topological polar surface area (TPSA) is 85.8 Å². The highest BCUT2D eigenvalue weighted by molar-refractivity contribution is 7.99. The summed E-state index contributed by atoms with van der Waals surface area (Å²) in [6.07, 6.45) is 5.26. The van der Waals surface area contributed by atoms with Gasteiger partial charge in [-0.3, -0.25) is 4.79 Å². The van der Waals surface area contributed by atoms with Crippen molar-refractivity contribution in [2.75, 3.05) is 5.32 Å². The number of rotatable bonds is 5. The molecule has 0 aliphatic heterocycles. The smallest absolute Gasteiger partial charge is 0.224 e. The van der Waals surface area contributed by atoms with Crippen LogP contribution in [0.1, 0.15) is 25.7 Å². The van der Waals surface area contributed by atoms with Crippen molar-refractivity contribution in [3.05, 3.63) is 29.5 Å². The minimum Gasteiger partial charge on any atom is -0.327 e. The first-order valence-electron chi connectivity index (χ1n) is 7.90. The lowest BCUT2D eigenvalue weighted by molar-refractivity contribution is -0.117. The Morgan fingerprint density at radius 1 is 1.50 bits per heavy atom. The summed E-state index contributed by atoms with van der Waals surface area (Å²) >= 11 is 7.76. The number of aromatic nitrogens is 3. The molecule has 1 aromatic carbocycles. The van der Waals surface area contributed by atoms with E-state index in [9.17, 15) is 4.79 Å². The molecule has 0 radical (unpaired) electrons. The van der Waals surface area contributed by atoms with Gasteiger partial charge in [0.1, 0.15) is 6.33 Å². The summed E-state index contributed by atoms with van der Waals surface area (Å²) in [6, 6.07) is 5.62. The molecule has 2 atom stereocenters. The van der Waals surface area contributed by atoms with Crippen LogP contribution in [0.15, 0.2) is 34.6 Å². The molecule has 1 saturated carbocycles. The maximum atomic E-state index is 12.2. The van der Waals surface area contributed by atoms with Crippen molar-refractivity contribution < 1.29 is 4.79 Å². The van der Waals surface area contributed by atoms with Gasteiger partial charge >= 0.3 is 0 Å². The molecule has 2 aromatic rings. The largest absolute Gasteiger partial charge is 0.327 e. The summed E-state index contributed by atoms with van der Waals surface area (Å²) in [6.45, 7) is 0. The minimum atomic E-state index is -0.0119. The first kappa shape index (κ1) is 17.3. The summed E-state index contributed by atoms with van der Waals surface area (Å²) in [5, 5.41) is 12.1. The first-order chi connectivity index (χ1) is 11.5. The minimum absolute atomic E-state index is 0.0119. The molecule has 0 unspecified atom stereocenters. The van der Waals surface area contributed by atoms with Crippen LogP contribution in [0.25, 0.3) is 0 Å². The zero-order valence-electron chi connectivity index (χ0n) is 13.4. The second-order valence-electron chi connectivity index (χ2n) is 6.08. The maximum Gasteiger partial charge on any atom is 0.224 e. The van der Waals surface area contributed by atoms with Gasteiger partial charge in [-0.2, -0.15) is 0 Å². The van der Waals surface area contributed by atoms with Gasteiger partial charge in [0, 0.05) is 30.1 Å². The van der Waals surface area contributed by atoms with E-state index < -0.39 is 0 Å². The molecule has 0 bridgehead atoms. The van der Waals surface area contributed by atoms with E-state index >= 15 is 0 Å². The Kier molecular flexibility index (Phi) is 5.43. The third-order valence-electron chi connectivity index (χ3n) is 4.25. The van der Waals surface area contributed by atoms with E-state index in [0.29, 0.717) is 17.1 Å². The van der Waals surface area contributed by atoms with Crippen molar-refractivity contribution in [2.45, 2.75) is 41.8 Å². The molecule has 0 spiro atoms. The highest BCUT2D eigenvalue weighted by Crippen LogP contribution is 2.34. The molecule has 3 N–H and O–H groups in total. The monoisotopic (exact) mass is 365 g/mol. The number of hydrogen-bond donors (Lipinski definition) is 2. The number of amides is 1. The number of anilines is 1. The maximum absolute atomic E-state index is 12.2. The molecule has 1 aromatic heterocycles. The Bertz CT molecular complexity index is 735. The number of nitrogens with one attached hydrogen (secondary N) is 1. The summed E-state index contributed by atoms with van der Waals surface area (Å²) in [7, 11) is 1.87. The van der Waals surface area contributed by atoms with Crippen LogP contribution in [0, 0.1) is 5.92 Å². The molecule has 8 heteroatoms. The second kappa shape index (κ2) is 7.55. The number of aryl methyl sites for hydroxylation is 1. The van der Waals surface area contributed by atoms with Crippen LogP contribution in [0.4, 0.5) is 5.69 Å². The van der Waals surface area contributed by atoms with Crippen LogP contribution in [-0.4, -0.2) is 26.7 Å². The van der Waals surface area contributed by atoms with Crippen LogP contribution in [0.2, 0.25) is 5.02 Å². The van der Waals surface area contributed by atoms with Crippen molar-refractivity contribution in [3.63, 3.8) is 0 Å². The number of nitrogens with two attached hydrogens (primary N) is 1. The van der Waals surface area contributed by atoms with E-state index in [1.54, 1.807) is 12.4 Å². The summed E-state index contributed by atoms with van der Waals surface area (Å²) in [5.74, 6) is 0.272. The fourth-order valence-electron chi connectivity index (χ4n) is 2.89. The van der Waals surface area contributed by atoms with E-state index in [1.807, 2.05) is 23.7 Å². The molecular weight excluding hydrogens is 346 g/mol. The van der Waals surface area contributed by atoms with Gasteiger partial charge in [0.2, 0.25) is 5.91 Å². The molecule has 0 saturated heterocycles. The Balaban J connectivity index is 1.62. The predicted octanol–water partition coefficient (Wildman–Crippen LogP) is 3.08. The van der Waals surface area contributed by atoms with Crippen LogP contribution in [-0.2, 0) is 11.8 Å². The third kappa shape index (κ3) is 4.09. The van der Waals surface area contributed by atoms with Gasteiger partial charge in [-0.05, 0) is 48.7 Å². The average molecular weight is 366 g/mol. The second-order valence-corrected chi connectivity index (χ2v) is 7.50. The van der Waals surface area contributed by atoms with Crippen LogP contribution >= 0.6 is 23.4 Å². The molecule has 128 valence electrons. The molecule has 24 heavy (non-hydrogen) atoms. The number of benzene rings is 1. The van der Waals surface area contributed by atoms with Crippen molar-refractivity contribution >= 4 is 35.0 Å². The fraction of sp³-hybridized carbons (Fsp3) is 0.438. The summed E-state index contributed by atoms with van der Waals surface area (Å²) < 4.78 is 1.82. The molecular formula is C16H20ClN5OS. The Morgan fingerprint density at radius 2 is 2.33 bits per heavy atom. The van der Waals surface area contributed by atoms with Crippen molar-refractivity contribution in [3.8, 4) is 0 Å². The van der Waals surface area contributed by atoms with E-state index in [1.165, 1.54) is 11.8 Å². The molecule has 6 nitrogen and oxygen atoms in total. The van der Waals surface area contributed by atoms with E-state index in [2.05, 4.69) is 15.5 Å². The molecule has 3 rings (SSSR count). The van der Waals surface area contributed by atoms with E-state index in [4.69, 9.17) is 17.3 Å². The fourth-order valence-corrected chi connectivity index (χ4v) is 3.96. The average Bonchev–Trinajstić information content (AvgIpc) is 3.11. The van der Waals surface area contributed by atoms with Crippen LogP contribution in [0.3, 0.4) is 0 Å². The third-order valence-corrected chi connectivity index (χ3v) is 5.81. The van der Waals surface area contributed by atoms with Gasteiger partial charge in [-0.25, -0.2) is 0 Å². The molecule has 1 aliphatic rings. The highest BCUT2D eigenvalue weighted by atomic mass is 35.5. The Hall–Kier alpha value is -1.57. The number of carbonyl (C=O) groups excluding carboxylic acids is 1. The lowest BCUT2D eigenvalue weighted by Gasteiger charge is -2.15. The zero-order valence-corrected chi connectivity index (χ0v) is 15.0. The number of carbonyl (C=O) groups is 1. The number of nitrogens with zero attached hydrogens (tertiary/aromatic N) is 3. The molecule has 1 amide bonds. The molecule has 1 fully saturated rings. The highest BCUT2D eigenvalue weighted by Gasteiger charge is 2.26. The Morgan fingerprint density at radius 3 is 2.96 bits per heavy atom. The van der Waals surface area contributed by atoms with Crippen LogP contribution in [0.5, 0.6) is 0 Å². The van der Waals surface area contributed by atoms with Gasteiger partial charge < -0.3 is 15.6 Å². The van der Waals surface area contributed by atoms with Gasteiger partial charge in [0.05, 0.1) is 5.02 Å². The Labute approximate surface area is 150 Å². The lowest BCUT2D eigenvalue weighted by Crippen LogP contribution is -2.28. The normalized spacial score (nSPS) is 20.3. The predicted molar refractivity (Wildman–Crippen MR) is 95.1 cm³/mol. The molecule has 1 heterocycles. The van der Waals surface area contributed by atoms with Crippen LogP contribution < -0.4 is 11.1 Å². The van der Waals surface area contributed by atoms with Gasteiger partial charge in [0.15, 0.2) is 5.16 Å². The quantitative estimate of drug-likeness (QED) is 0.850. The SMILES string of the molecule is Cn1cnnc1Sc1ccc(NC(=O)C[C@@H]2CCC[C@H]2N)cc1Cl. The van der Waals surface area contributed by atoms with Crippen molar-refractivity contribution in [2.24, 2.45) is 18.7 Å². The summed E-state index contributed by atoms with van der Waals surface area (Å²) in [4.78, 5) is 13.0. The van der Waals surface area contributed by atoms with Gasteiger partial charge in [0.25, 0.3) is 0 Å². The number of halogens is 1. The van der Waals surface area contributed by atoms with Gasteiger partial charge in [-0.15, -0.1) is 10.2 Å². The van der Waals surface area contributed by atoms with Crippen molar-refractivity contribution in [1.29, 1.82) is 0 Å². The molecule has 1 aliphatic carbocycles. The van der Waals surface area contributed by atoms with E-state index in [-0.39, 0.29) is 17.9 Å².